The van der Waals surface area contributed by atoms with Crippen LogP contribution < -0.4 is 9.47 Å². The van der Waals surface area contributed by atoms with Gasteiger partial charge in [-0.15, -0.1) is 0 Å². The highest BCUT2D eigenvalue weighted by Gasteiger charge is 2.17. The SMILES string of the molecule is C=CCOC(=O)c1cc(Br)c(OCc2ccc(F)cc2)c(OCC)c1. The molecule has 2 aromatic rings. The van der Waals surface area contributed by atoms with Gasteiger partial charge in [-0.2, -0.15) is 0 Å². The maximum absolute atomic E-state index is 13.0. The summed E-state index contributed by atoms with van der Waals surface area (Å²) in [5.41, 5.74) is 1.15. The van der Waals surface area contributed by atoms with Crippen molar-refractivity contribution >= 4 is 21.9 Å². The highest BCUT2D eigenvalue weighted by Crippen LogP contribution is 2.37. The van der Waals surface area contributed by atoms with Gasteiger partial charge in [0.1, 0.15) is 19.0 Å². The molecule has 0 atom stereocenters. The molecule has 0 aliphatic heterocycles. The van der Waals surface area contributed by atoms with Crippen molar-refractivity contribution in [2.45, 2.75) is 13.5 Å². The minimum atomic E-state index is -0.480. The summed E-state index contributed by atoms with van der Waals surface area (Å²) in [5, 5.41) is 0. The molecule has 6 heteroatoms. The summed E-state index contributed by atoms with van der Waals surface area (Å²) in [5.74, 6) is 0.102. The van der Waals surface area contributed by atoms with Gasteiger partial charge in [0.15, 0.2) is 11.5 Å². The lowest BCUT2D eigenvalue weighted by Gasteiger charge is -2.15. The Labute approximate surface area is 154 Å². The summed E-state index contributed by atoms with van der Waals surface area (Å²) in [4.78, 5) is 12.0. The van der Waals surface area contributed by atoms with Crippen molar-refractivity contribution in [1.82, 2.24) is 0 Å². The average Bonchev–Trinajstić information content (AvgIpc) is 2.60. The number of ether oxygens (including phenoxy) is 3. The number of carbonyl (C=O) groups is 1. The van der Waals surface area contributed by atoms with Crippen LogP contribution in [-0.2, 0) is 11.3 Å². The van der Waals surface area contributed by atoms with Crippen molar-refractivity contribution in [3.8, 4) is 11.5 Å². The molecule has 0 saturated heterocycles. The van der Waals surface area contributed by atoms with E-state index in [9.17, 15) is 9.18 Å². The quantitative estimate of drug-likeness (QED) is 0.459. The van der Waals surface area contributed by atoms with Crippen LogP contribution in [0, 0.1) is 5.82 Å². The normalized spacial score (nSPS) is 10.2. The maximum Gasteiger partial charge on any atom is 0.338 e. The maximum atomic E-state index is 13.0. The Morgan fingerprint density at radius 2 is 1.96 bits per heavy atom. The standard InChI is InChI=1S/C19H18BrFO4/c1-3-9-24-19(22)14-10-16(20)18(17(11-14)23-4-2)25-12-13-5-7-15(21)8-6-13/h3,5-8,10-11H,1,4,9,12H2,2H3. The first-order valence-corrected chi connectivity index (χ1v) is 8.46. The molecule has 2 aromatic carbocycles. The minimum absolute atomic E-state index is 0.128. The fourth-order valence-electron chi connectivity index (χ4n) is 2.04. The molecular formula is C19H18BrFO4. The second kappa shape index (κ2) is 9.22. The highest BCUT2D eigenvalue weighted by molar-refractivity contribution is 9.10. The van der Waals surface area contributed by atoms with Gasteiger partial charge in [0.25, 0.3) is 0 Å². The predicted octanol–water partition coefficient (Wildman–Crippen LogP) is 4.91. The zero-order chi connectivity index (χ0) is 18.2. The van der Waals surface area contributed by atoms with Gasteiger partial charge in [-0.25, -0.2) is 9.18 Å². The van der Waals surface area contributed by atoms with Crippen molar-refractivity contribution in [3.63, 3.8) is 0 Å². The third kappa shape index (κ3) is 5.32. The molecule has 0 aliphatic rings. The van der Waals surface area contributed by atoms with E-state index >= 15 is 0 Å². The molecule has 4 nitrogen and oxygen atoms in total. The Morgan fingerprint density at radius 3 is 2.60 bits per heavy atom. The second-order valence-electron chi connectivity index (χ2n) is 5.02. The van der Waals surface area contributed by atoms with Gasteiger partial charge in [0, 0.05) is 0 Å². The third-order valence-electron chi connectivity index (χ3n) is 3.17. The van der Waals surface area contributed by atoms with Crippen molar-refractivity contribution in [1.29, 1.82) is 0 Å². The molecule has 0 aromatic heterocycles. The van der Waals surface area contributed by atoms with Crippen LogP contribution in [0.15, 0.2) is 53.5 Å². The average molecular weight is 409 g/mol. The van der Waals surface area contributed by atoms with E-state index in [-0.39, 0.29) is 19.0 Å². The second-order valence-corrected chi connectivity index (χ2v) is 5.87. The molecule has 0 bridgehead atoms. The molecule has 0 amide bonds. The van der Waals surface area contributed by atoms with Crippen LogP contribution in [0.4, 0.5) is 4.39 Å². The van der Waals surface area contributed by atoms with Gasteiger partial charge >= 0.3 is 5.97 Å². The van der Waals surface area contributed by atoms with Gasteiger partial charge in [-0.1, -0.05) is 24.8 Å². The lowest BCUT2D eigenvalue weighted by molar-refractivity contribution is 0.0549. The van der Waals surface area contributed by atoms with Gasteiger partial charge in [-0.3, -0.25) is 0 Å². The molecular weight excluding hydrogens is 391 g/mol. The first-order valence-electron chi connectivity index (χ1n) is 7.66. The lowest BCUT2D eigenvalue weighted by Crippen LogP contribution is -2.07. The van der Waals surface area contributed by atoms with Crippen molar-refractivity contribution in [2.75, 3.05) is 13.2 Å². The van der Waals surface area contributed by atoms with Crippen LogP contribution >= 0.6 is 15.9 Å². The largest absolute Gasteiger partial charge is 0.490 e. The molecule has 0 radical (unpaired) electrons. The molecule has 0 saturated carbocycles. The van der Waals surface area contributed by atoms with E-state index in [1.807, 2.05) is 6.92 Å². The smallest absolute Gasteiger partial charge is 0.338 e. The molecule has 0 aliphatic carbocycles. The Hall–Kier alpha value is -2.34. The van der Waals surface area contributed by atoms with E-state index in [1.165, 1.54) is 18.2 Å². The highest BCUT2D eigenvalue weighted by atomic mass is 79.9. The van der Waals surface area contributed by atoms with Gasteiger partial charge < -0.3 is 14.2 Å². The van der Waals surface area contributed by atoms with Gasteiger partial charge in [0.2, 0.25) is 0 Å². The summed E-state index contributed by atoms with van der Waals surface area (Å²) in [6.07, 6.45) is 1.50. The van der Waals surface area contributed by atoms with Crippen LogP contribution in [0.2, 0.25) is 0 Å². The van der Waals surface area contributed by atoms with Crippen molar-refractivity contribution in [3.05, 3.63) is 70.5 Å². The Balaban J connectivity index is 2.22. The Bertz CT molecular complexity index is 744. The first kappa shape index (κ1) is 19.0. The molecule has 0 N–H and O–H groups in total. The zero-order valence-corrected chi connectivity index (χ0v) is 15.3. The summed E-state index contributed by atoms with van der Waals surface area (Å²) in [6, 6.07) is 9.20. The third-order valence-corrected chi connectivity index (χ3v) is 3.76. The molecule has 0 heterocycles. The van der Waals surface area contributed by atoms with E-state index in [0.717, 1.165) is 5.56 Å². The Morgan fingerprint density at radius 1 is 1.24 bits per heavy atom. The van der Waals surface area contributed by atoms with Crippen LogP contribution in [0.3, 0.4) is 0 Å². The van der Waals surface area contributed by atoms with E-state index < -0.39 is 5.97 Å². The Kier molecular flexibility index (Phi) is 7.01. The molecule has 132 valence electrons. The summed E-state index contributed by atoms with van der Waals surface area (Å²) in [7, 11) is 0. The molecule has 2 rings (SSSR count). The monoisotopic (exact) mass is 408 g/mol. The van der Waals surface area contributed by atoms with Gasteiger partial charge in [-0.05, 0) is 52.7 Å². The minimum Gasteiger partial charge on any atom is -0.490 e. The summed E-state index contributed by atoms with van der Waals surface area (Å²) < 4.78 is 29.9. The molecule has 0 unspecified atom stereocenters. The number of halogens is 2. The number of benzene rings is 2. The number of esters is 1. The zero-order valence-electron chi connectivity index (χ0n) is 13.8. The van der Waals surface area contributed by atoms with E-state index in [4.69, 9.17) is 14.2 Å². The molecule has 0 fully saturated rings. The number of hydrogen-bond donors (Lipinski definition) is 0. The molecule has 0 spiro atoms. The van der Waals surface area contributed by atoms with Crippen LogP contribution in [0.25, 0.3) is 0 Å². The summed E-state index contributed by atoms with van der Waals surface area (Å²) in [6.45, 7) is 6.11. The van der Waals surface area contributed by atoms with Crippen LogP contribution in [0.1, 0.15) is 22.8 Å². The summed E-state index contributed by atoms with van der Waals surface area (Å²) >= 11 is 3.40. The molecule has 25 heavy (non-hydrogen) atoms. The fourth-order valence-corrected chi connectivity index (χ4v) is 2.60. The van der Waals surface area contributed by atoms with E-state index in [2.05, 4.69) is 22.5 Å². The number of carbonyl (C=O) groups excluding carboxylic acids is 1. The van der Waals surface area contributed by atoms with Gasteiger partial charge in [0.05, 0.1) is 16.6 Å². The number of hydrogen-bond acceptors (Lipinski definition) is 4. The van der Waals surface area contributed by atoms with Crippen LogP contribution in [-0.4, -0.2) is 19.2 Å². The van der Waals surface area contributed by atoms with Crippen molar-refractivity contribution < 1.29 is 23.4 Å². The topological polar surface area (TPSA) is 44.8 Å². The van der Waals surface area contributed by atoms with E-state index in [1.54, 1.807) is 24.3 Å². The number of rotatable bonds is 8. The first-order chi connectivity index (χ1) is 12.0. The van der Waals surface area contributed by atoms with Crippen LogP contribution in [0.5, 0.6) is 11.5 Å². The fraction of sp³-hybridized carbons (Fsp3) is 0.211. The predicted molar refractivity (Wildman–Crippen MR) is 96.5 cm³/mol. The van der Waals surface area contributed by atoms with Crippen molar-refractivity contribution in [2.24, 2.45) is 0 Å². The lowest BCUT2D eigenvalue weighted by atomic mass is 10.2. The van der Waals surface area contributed by atoms with E-state index in [0.29, 0.717) is 28.1 Å².